The van der Waals surface area contributed by atoms with Gasteiger partial charge in [-0.1, -0.05) is 19.9 Å². The Labute approximate surface area is 154 Å². The molecule has 1 N–H and O–H groups in total. The fourth-order valence-electron chi connectivity index (χ4n) is 2.67. The normalized spacial score (nSPS) is 11.3. The molecule has 2 aromatic heterocycles. The molecule has 0 atom stereocenters. The summed E-state index contributed by atoms with van der Waals surface area (Å²) in [5.41, 5.74) is 2.71. The van der Waals surface area contributed by atoms with Gasteiger partial charge in [-0.25, -0.2) is 14.1 Å². The van der Waals surface area contributed by atoms with Gasteiger partial charge in [-0.2, -0.15) is 5.10 Å². The van der Waals surface area contributed by atoms with Gasteiger partial charge in [-0.15, -0.1) is 0 Å². The number of oxazole rings is 1. The topological polar surface area (TPSA) is 73.0 Å². The third-order valence-corrected chi connectivity index (χ3v) is 4.05. The third-order valence-electron chi connectivity index (χ3n) is 4.05. The molecule has 4 rings (SSSR count). The summed E-state index contributed by atoms with van der Waals surface area (Å²) in [4.78, 5) is 16.9. The number of benzene rings is 2. The highest BCUT2D eigenvalue weighted by Gasteiger charge is 2.13. The number of nitrogens with one attached hydrogen (secondary N) is 1. The molecule has 0 aliphatic carbocycles. The molecule has 0 saturated heterocycles. The molecule has 7 heteroatoms. The van der Waals surface area contributed by atoms with Crippen molar-refractivity contribution in [3.05, 3.63) is 72.1 Å². The first kappa shape index (κ1) is 17.0. The number of fused-ring (bicyclic) bond motifs is 1. The SMILES string of the molecule is CC(C)c1nc2cc(NC(=O)c3ccn(-c4cccc(F)c4)n3)ccc2o1. The molecule has 1 amide bonds. The summed E-state index contributed by atoms with van der Waals surface area (Å²) in [6.07, 6.45) is 1.61. The predicted molar refractivity (Wildman–Crippen MR) is 99.6 cm³/mol. The summed E-state index contributed by atoms with van der Waals surface area (Å²) in [5.74, 6) is 0.109. The van der Waals surface area contributed by atoms with Gasteiger partial charge in [0.1, 0.15) is 11.3 Å². The average molecular weight is 364 g/mol. The van der Waals surface area contributed by atoms with Crippen LogP contribution in [0.2, 0.25) is 0 Å². The minimum absolute atomic E-state index is 0.183. The second-order valence-corrected chi connectivity index (χ2v) is 6.47. The second-order valence-electron chi connectivity index (χ2n) is 6.47. The standard InChI is InChI=1S/C20H17FN4O2/c1-12(2)20-23-17-11-14(6-7-18(17)27-20)22-19(26)16-8-9-25(24-16)15-5-3-4-13(21)10-15/h3-12H,1-2H3,(H,22,26). The molecular formula is C20H17FN4O2. The summed E-state index contributed by atoms with van der Waals surface area (Å²) >= 11 is 0. The minimum atomic E-state index is -0.365. The molecule has 0 fully saturated rings. The van der Waals surface area contributed by atoms with E-state index in [1.165, 1.54) is 16.8 Å². The highest BCUT2D eigenvalue weighted by Crippen LogP contribution is 2.24. The summed E-state index contributed by atoms with van der Waals surface area (Å²) in [5, 5.41) is 7.01. The van der Waals surface area contributed by atoms with Crippen LogP contribution < -0.4 is 5.32 Å². The Bertz CT molecular complexity index is 1130. The maximum atomic E-state index is 13.4. The van der Waals surface area contributed by atoms with E-state index in [9.17, 15) is 9.18 Å². The minimum Gasteiger partial charge on any atom is -0.440 e. The maximum Gasteiger partial charge on any atom is 0.276 e. The highest BCUT2D eigenvalue weighted by atomic mass is 19.1. The van der Waals surface area contributed by atoms with E-state index in [0.29, 0.717) is 28.4 Å². The Morgan fingerprint density at radius 1 is 1.19 bits per heavy atom. The molecule has 0 radical (unpaired) electrons. The lowest BCUT2D eigenvalue weighted by atomic mass is 10.2. The quantitative estimate of drug-likeness (QED) is 0.577. The number of nitrogens with zero attached hydrogens (tertiary/aromatic N) is 3. The Kier molecular flexibility index (Phi) is 4.19. The van der Waals surface area contributed by atoms with E-state index in [0.717, 1.165) is 0 Å². The van der Waals surface area contributed by atoms with Gasteiger partial charge < -0.3 is 9.73 Å². The van der Waals surface area contributed by atoms with Crippen LogP contribution in [-0.2, 0) is 0 Å². The highest BCUT2D eigenvalue weighted by molar-refractivity contribution is 6.03. The van der Waals surface area contributed by atoms with Crippen LogP contribution in [0.4, 0.5) is 10.1 Å². The molecule has 27 heavy (non-hydrogen) atoms. The van der Waals surface area contributed by atoms with Gasteiger partial charge in [0, 0.05) is 17.8 Å². The number of hydrogen-bond acceptors (Lipinski definition) is 4. The van der Waals surface area contributed by atoms with Crippen LogP contribution in [0.5, 0.6) is 0 Å². The van der Waals surface area contributed by atoms with Crippen LogP contribution in [0.15, 0.2) is 59.1 Å². The van der Waals surface area contributed by atoms with Crippen molar-refractivity contribution in [1.29, 1.82) is 0 Å². The van der Waals surface area contributed by atoms with E-state index in [-0.39, 0.29) is 23.3 Å². The average Bonchev–Trinajstić information content (AvgIpc) is 3.28. The first-order chi connectivity index (χ1) is 13.0. The smallest absolute Gasteiger partial charge is 0.276 e. The lowest BCUT2D eigenvalue weighted by Gasteiger charge is -2.03. The summed E-state index contributed by atoms with van der Waals surface area (Å²) in [7, 11) is 0. The van der Waals surface area contributed by atoms with Gasteiger partial charge >= 0.3 is 0 Å². The predicted octanol–water partition coefficient (Wildman–Crippen LogP) is 4.53. The Morgan fingerprint density at radius 2 is 2.04 bits per heavy atom. The van der Waals surface area contributed by atoms with E-state index in [2.05, 4.69) is 15.4 Å². The van der Waals surface area contributed by atoms with Crippen LogP contribution in [0.1, 0.15) is 36.1 Å². The number of halogens is 1. The zero-order valence-electron chi connectivity index (χ0n) is 14.8. The van der Waals surface area contributed by atoms with Crippen LogP contribution >= 0.6 is 0 Å². The molecular weight excluding hydrogens is 347 g/mol. The first-order valence-corrected chi connectivity index (χ1v) is 8.53. The lowest BCUT2D eigenvalue weighted by molar-refractivity contribution is 0.102. The van der Waals surface area contributed by atoms with Crippen molar-refractivity contribution >= 4 is 22.7 Å². The number of carbonyl (C=O) groups excluding carboxylic acids is 1. The Balaban J connectivity index is 1.54. The molecule has 0 aliphatic heterocycles. The van der Waals surface area contributed by atoms with Crippen molar-refractivity contribution < 1.29 is 13.6 Å². The molecule has 2 heterocycles. The number of rotatable bonds is 4. The zero-order chi connectivity index (χ0) is 19.0. The monoisotopic (exact) mass is 364 g/mol. The number of amides is 1. The molecule has 6 nitrogen and oxygen atoms in total. The Morgan fingerprint density at radius 3 is 2.81 bits per heavy atom. The lowest BCUT2D eigenvalue weighted by Crippen LogP contribution is -2.13. The van der Waals surface area contributed by atoms with Crippen LogP contribution in [0.3, 0.4) is 0 Å². The van der Waals surface area contributed by atoms with Crippen molar-refractivity contribution in [1.82, 2.24) is 14.8 Å². The van der Waals surface area contributed by atoms with Gasteiger partial charge in [0.25, 0.3) is 5.91 Å². The molecule has 0 saturated carbocycles. The van der Waals surface area contributed by atoms with E-state index < -0.39 is 0 Å². The summed E-state index contributed by atoms with van der Waals surface area (Å²) in [6, 6.07) is 12.9. The molecule has 136 valence electrons. The molecule has 0 bridgehead atoms. The second kappa shape index (κ2) is 6.68. The van der Waals surface area contributed by atoms with E-state index in [4.69, 9.17) is 4.42 Å². The number of aromatic nitrogens is 3. The third kappa shape index (κ3) is 3.44. The van der Waals surface area contributed by atoms with E-state index in [1.54, 1.807) is 42.6 Å². The fraction of sp³-hybridized carbons (Fsp3) is 0.150. The van der Waals surface area contributed by atoms with Crippen molar-refractivity contribution in [3.8, 4) is 5.69 Å². The van der Waals surface area contributed by atoms with Crippen LogP contribution in [0, 0.1) is 5.82 Å². The molecule has 0 spiro atoms. The molecule has 0 aliphatic rings. The molecule has 4 aromatic rings. The van der Waals surface area contributed by atoms with Gasteiger partial charge in [0.15, 0.2) is 17.2 Å². The largest absolute Gasteiger partial charge is 0.440 e. The van der Waals surface area contributed by atoms with Gasteiger partial charge in [0.2, 0.25) is 0 Å². The van der Waals surface area contributed by atoms with Gasteiger partial charge in [-0.05, 0) is 42.5 Å². The van der Waals surface area contributed by atoms with Crippen molar-refractivity contribution in [2.75, 3.05) is 5.32 Å². The van der Waals surface area contributed by atoms with Crippen LogP contribution in [-0.4, -0.2) is 20.7 Å². The van der Waals surface area contributed by atoms with E-state index >= 15 is 0 Å². The number of carbonyl (C=O) groups is 1. The van der Waals surface area contributed by atoms with E-state index in [1.807, 2.05) is 13.8 Å². The molecule has 0 unspecified atom stereocenters. The van der Waals surface area contributed by atoms with Crippen molar-refractivity contribution in [3.63, 3.8) is 0 Å². The van der Waals surface area contributed by atoms with Crippen molar-refractivity contribution in [2.45, 2.75) is 19.8 Å². The van der Waals surface area contributed by atoms with Gasteiger partial charge in [0.05, 0.1) is 5.69 Å². The zero-order valence-corrected chi connectivity index (χ0v) is 14.8. The first-order valence-electron chi connectivity index (χ1n) is 8.53. The summed E-state index contributed by atoms with van der Waals surface area (Å²) < 4.78 is 20.5. The van der Waals surface area contributed by atoms with Crippen LogP contribution in [0.25, 0.3) is 16.8 Å². The van der Waals surface area contributed by atoms with Crippen molar-refractivity contribution in [2.24, 2.45) is 0 Å². The molecule has 2 aromatic carbocycles. The van der Waals surface area contributed by atoms with Gasteiger partial charge in [-0.3, -0.25) is 4.79 Å². The fourth-order valence-corrected chi connectivity index (χ4v) is 2.67. The number of hydrogen-bond donors (Lipinski definition) is 1. The number of anilines is 1. The maximum absolute atomic E-state index is 13.4. The Hall–Kier alpha value is -3.48. The summed E-state index contributed by atoms with van der Waals surface area (Å²) in [6.45, 7) is 4.00.